The van der Waals surface area contributed by atoms with Crippen LogP contribution >= 0.6 is 0 Å². The molecule has 58 valence electrons. The van der Waals surface area contributed by atoms with Gasteiger partial charge in [0.15, 0.2) is 0 Å². The molecular formula is C8H15NO. The normalized spacial score (nSPS) is 32.3. The fourth-order valence-corrected chi connectivity index (χ4v) is 1.36. The molecule has 2 heteroatoms. The van der Waals surface area contributed by atoms with Crippen molar-refractivity contribution in [2.75, 3.05) is 13.1 Å². The fraction of sp³-hybridized carbons (Fsp3) is 0.750. The average molecular weight is 141 g/mol. The molecule has 1 heterocycles. The maximum absolute atomic E-state index is 9.72. The van der Waals surface area contributed by atoms with E-state index < -0.39 is 5.60 Å². The zero-order chi connectivity index (χ0) is 7.61. The molecule has 0 radical (unpaired) electrons. The number of rotatable bonds is 1. The highest BCUT2D eigenvalue weighted by Crippen LogP contribution is 2.17. The van der Waals surface area contributed by atoms with Gasteiger partial charge in [-0.15, -0.1) is 0 Å². The molecule has 0 aromatic heterocycles. The SMILES string of the molecule is CC(C)=CC1(O)CCNC1. The summed E-state index contributed by atoms with van der Waals surface area (Å²) in [7, 11) is 0. The van der Waals surface area contributed by atoms with E-state index in [1.54, 1.807) is 0 Å². The molecule has 1 fully saturated rings. The minimum atomic E-state index is -0.557. The van der Waals surface area contributed by atoms with Crippen molar-refractivity contribution in [1.82, 2.24) is 5.32 Å². The Bertz CT molecular complexity index is 141. The van der Waals surface area contributed by atoms with Crippen molar-refractivity contribution >= 4 is 0 Å². The van der Waals surface area contributed by atoms with Gasteiger partial charge in [0, 0.05) is 6.54 Å². The highest BCUT2D eigenvalue weighted by Gasteiger charge is 2.27. The smallest absolute Gasteiger partial charge is 0.0965 e. The van der Waals surface area contributed by atoms with E-state index in [9.17, 15) is 5.11 Å². The van der Waals surface area contributed by atoms with Gasteiger partial charge in [-0.1, -0.05) is 11.6 Å². The van der Waals surface area contributed by atoms with Crippen LogP contribution in [0.25, 0.3) is 0 Å². The van der Waals surface area contributed by atoms with Crippen LogP contribution in [0.2, 0.25) is 0 Å². The Kier molecular flexibility index (Phi) is 2.11. The second kappa shape index (κ2) is 2.72. The minimum absolute atomic E-state index is 0.557. The van der Waals surface area contributed by atoms with Crippen LogP contribution in [-0.4, -0.2) is 23.8 Å². The lowest BCUT2D eigenvalue weighted by Gasteiger charge is -2.16. The summed E-state index contributed by atoms with van der Waals surface area (Å²) in [6.45, 7) is 5.66. The van der Waals surface area contributed by atoms with Crippen molar-refractivity contribution in [2.45, 2.75) is 25.9 Å². The van der Waals surface area contributed by atoms with Gasteiger partial charge in [-0.2, -0.15) is 0 Å². The second-order valence-corrected chi connectivity index (χ2v) is 3.25. The maximum atomic E-state index is 9.72. The molecule has 10 heavy (non-hydrogen) atoms. The zero-order valence-corrected chi connectivity index (χ0v) is 6.65. The molecule has 0 aromatic carbocycles. The van der Waals surface area contributed by atoms with Gasteiger partial charge in [0.2, 0.25) is 0 Å². The minimum Gasteiger partial charge on any atom is -0.384 e. The third kappa shape index (κ3) is 1.82. The fourth-order valence-electron chi connectivity index (χ4n) is 1.36. The first-order valence-electron chi connectivity index (χ1n) is 3.72. The van der Waals surface area contributed by atoms with Crippen LogP contribution in [0.3, 0.4) is 0 Å². The van der Waals surface area contributed by atoms with Gasteiger partial charge in [-0.25, -0.2) is 0 Å². The van der Waals surface area contributed by atoms with Crippen molar-refractivity contribution in [3.8, 4) is 0 Å². The van der Waals surface area contributed by atoms with E-state index in [0.717, 1.165) is 13.0 Å². The molecule has 2 N–H and O–H groups in total. The lowest BCUT2D eigenvalue weighted by molar-refractivity contribution is 0.112. The molecule has 0 aromatic rings. The van der Waals surface area contributed by atoms with Crippen LogP contribution in [0, 0.1) is 0 Å². The van der Waals surface area contributed by atoms with E-state index in [1.807, 2.05) is 19.9 Å². The Labute approximate surface area is 61.9 Å². The number of hydrogen-bond acceptors (Lipinski definition) is 2. The molecule has 2 nitrogen and oxygen atoms in total. The van der Waals surface area contributed by atoms with E-state index in [0.29, 0.717) is 6.54 Å². The van der Waals surface area contributed by atoms with Gasteiger partial charge in [0.05, 0.1) is 5.60 Å². The molecule has 0 amide bonds. The van der Waals surface area contributed by atoms with Crippen molar-refractivity contribution in [1.29, 1.82) is 0 Å². The lowest BCUT2D eigenvalue weighted by Crippen LogP contribution is -2.28. The van der Waals surface area contributed by atoms with E-state index >= 15 is 0 Å². The summed E-state index contributed by atoms with van der Waals surface area (Å²) >= 11 is 0. The number of aliphatic hydroxyl groups is 1. The molecule has 1 rings (SSSR count). The summed E-state index contributed by atoms with van der Waals surface area (Å²) in [5.74, 6) is 0. The Hall–Kier alpha value is -0.340. The van der Waals surface area contributed by atoms with Crippen LogP contribution in [0.4, 0.5) is 0 Å². The standard InChI is InChI=1S/C8H15NO/c1-7(2)5-8(10)3-4-9-6-8/h5,9-10H,3-4,6H2,1-2H3. The molecule has 1 atom stereocenters. The van der Waals surface area contributed by atoms with E-state index in [4.69, 9.17) is 0 Å². The van der Waals surface area contributed by atoms with Gasteiger partial charge >= 0.3 is 0 Å². The van der Waals surface area contributed by atoms with Crippen LogP contribution in [0.1, 0.15) is 20.3 Å². The first kappa shape index (κ1) is 7.76. The monoisotopic (exact) mass is 141 g/mol. The van der Waals surface area contributed by atoms with Gasteiger partial charge in [0.1, 0.15) is 0 Å². The Morgan fingerprint density at radius 3 is 2.70 bits per heavy atom. The summed E-state index contributed by atoms with van der Waals surface area (Å²) in [5.41, 5.74) is 0.630. The first-order chi connectivity index (χ1) is 4.62. The van der Waals surface area contributed by atoms with Crippen LogP contribution < -0.4 is 5.32 Å². The van der Waals surface area contributed by atoms with Crippen molar-refractivity contribution in [3.05, 3.63) is 11.6 Å². The van der Waals surface area contributed by atoms with Crippen LogP contribution in [-0.2, 0) is 0 Å². The van der Waals surface area contributed by atoms with E-state index in [1.165, 1.54) is 5.57 Å². The predicted molar refractivity (Wildman–Crippen MR) is 41.9 cm³/mol. The summed E-state index contributed by atoms with van der Waals surface area (Å²) in [6, 6.07) is 0. The zero-order valence-electron chi connectivity index (χ0n) is 6.65. The summed E-state index contributed by atoms with van der Waals surface area (Å²) in [5, 5.41) is 12.8. The molecule has 1 aliphatic rings. The lowest BCUT2D eigenvalue weighted by atomic mass is 10.0. The largest absolute Gasteiger partial charge is 0.384 e. The molecular weight excluding hydrogens is 126 g/mol. The molecule has 1 saturated heterocycles. The molecule has 1 unspecified atom stereocenters. The summed E-state index contributed by atoms with van der Waals surface area (Å²) in [4.78, 5) is 0. The Balaban J connectivity index is 2.59. The van der Waals surface area contributed by atoms with Crippen molar-refractivity contribution in [2.24, 2.45) is 0 Å². The third-order valence-corrected chi connectivity index (χ3v) is 1.72. The second-order valence-electron chi connectivity index (χ2n) is 3.25. The van der Waals surface area contributed by atoms with Crippen molar-refractivity contribution < 1.29 is 5.11 Å². The molecule has 1 aliphatic heterocycles. The van der Waals surface area contributed by atoms with Crippen molar-refractivity contribution in [3.63, 3.8) is 0 Å². The summed E-state index contributed by atoms with van der Waals surface area (Å²) in [6.07, 6.45) is 2.78. The van der Waals surface area contributed by atoms with Gasteiger partial charge < -0.3 is 10.4 Å². The van der Waals surface area contributed by atoms with E-state index in [-0.39, 0.29) is 0 Å². The number of allylic oxidation sites excluding steroid dienone is 1. The Morgan fingerprint density at radius 1 is 1.60 bits per heavy atom. The van der Waals surface area contributed by atoms with Gasteiger partial charge in [0.25, 0.3) is 0 Å². The van der Waals surface area contributed by atoms with Gasteiger partial charge in [-0.3, -0.25) is 0 Å². The van der Waals surface area contributed by atoms with Crippen LogP contribution in [0.15, 0.2) is 11.6 Å². The third-order valence-electron chi connectivity index (χ3n) is 1.72. The topological polar surface area (TPSA) is 32.3 Å². The molecule has 0 aliphatic carbocycles. The Morgan fingerprint density at radius 2 is 2.30 bits per heavy atom. The average Bonchev–Trinajstić information content (AvgIpc) is 2.12. The molecule has 0 bridgehead atoms. The maximum Gasteiger partial charge on any atom is 0.0965 e. The molecule has 0 saturated carbocycles. The van der Waals surface area contributed by atoms with Gasteiger partial charge in [-0.05, 0) is 26.8 Å². The number of β-amino-alcohol motifs (C(OH)–C–C–N with tert-alkyl or cyclic N) is 1. The highest BCUT2D eigenvalue weighted by molar-refractivity contribution is 5.10. The first-order valence-corrected chi connectivity index (χ1v) is 3.72. The number of nitrogens with one attached hydrogen (secondary N) is 1. The predicted octanol–water partition coefficient (Wildman–Crippen LogP) is 0.677. The summed E-state index contributed by atoms with van der Waals surface area (Å²) < 4.78 is 0. The highest BCUT2D eigenvalue weighted by atomic mass is 16.3. The van der Waals surface area contributed by atoms with E-state index in [2.05, 4.69) is 5.32 Å². The van der Waals surface area contributed by atoms with Crippen LogP contribution in [0.5, 0.6) is 0 Å². The number of hydrogen-bond donors (Lipinski definition) is 2. The molecule has 0 spiro atoms. The quantitative estimate of drug-likeness (QED) is 0.526.